The lowest BCUT2D eigenvalue weighted by Crippen LogP contribution is -2.53. The number of alkyl carbamates (subject to hydrolysis) is 1. The van der Waals surface area contributed by atoms with Crippen LogP contribution < -0.4 is 11.1 Å². The van der Waals surface area contributed by atoms with Gasteiger partial charge < -0.3 is 20.7 Å². The highest BCUT2D eigenvalue weighted by Gasteiger charge is 2.39. The molecular weight excluding hydrogens is 334 g/mol. The average Bonchev–Trinajstić information content (AvgIpc) is 2.90. The first-order chi connectivity index (χ1) is 12.2. The molecule has 0 bridgehead atoms. The molecule has 1 aliphatic rings. The summed E-state index contributed by atoms with van der Waals surface area (Å²) in [6.07, 6.45) is 0.701. The Bertz CT molecular complexity index is 654. The number of nitrogens with zero attached hydrogens (tertiary/aromatic N) is 1. The van der Waals surface area contributed by atoms with Crippen molar-refractivity contribution in [2.45, 2.75) is 57.7 Å². The molecule has 0 spiro atoms. The highest BCUT2D eigenvalue weighted by atomic mass is 16.6. The van der Waals surface area contributed by atoms with Crippen LogP contribution in [0.25, 0.3) is 0 Å². The Morgan fingerprint density at radius 2 is 1.96 bits per heavy atom. The fourth-order valence-corrected chi connectivity index (χ4v) is 3.08. The largest absolute Gasteiger partial charge is 0.444 e. The predicted octanol–water partition coefficient (Wildman–Crippen LogP) is 1.60. The fourth-order valence-electron chi connectivity index (χ4n) is 3.08. The molecule has 0 unspecified atom stereocenters. The lowest BCUT2D eigenvalue weighted by molar-refractivity contribution is -0.137. The molecule has 3 N–H and O–H groups in total. The summed E-state index contributed by atoms with van der Waals surface area (Å²) in [6.45, 7) is 5.56. The summed E-state index contributed by atoms with van der Waals surface area (Å²) in [6, 6.07) is 8.40. The zero-order chi connectivity index (χ0) is 19.3. The van der Waals surface area contributed by atoms with Crippen molar-refractivity contribution in [3.63, 3.8) is 0 Å². The molecule has 1 aliphatic heterocycles. The normalized spacial score (nSPS) is 18.5. The standard InChI is InChI=1S/C19H27N3O4/c1-19(2,3)26-18(25)21-12-14-9-10-16(23)22(14)15(17(20)24)11-13-7-5-4-6-8-13/h4-8,14-15H,9-12H2,1-3H3,(H2,20,24)(H,21,25)/t14-,15+/m1/s1. The van der Waals surface area contributed by atoms with Crippen LogP contribution in [0.3, 0.4) is 0 Å². The topological polar surface area (TPSA) is 102 Å². The van der Waals surface area contributed by atoms with Crippen molar-refractivity contribution < 1.29 is 19.1 Å². The van der Waals surface area contributed by atoms with Gasteiger partial charge in [-0.25, -0.2) is 4.79 Å². The van der Waals surface area contributed by atoms with E-state index in [4.69, 9.17) is 10.5 Å². The Hall–Kier alpha value is -2.57. The molecule has 1 aromatic carbocycles. The minimum atomic E-state index is -0.738. The van der Waals surface area contributed by atoms with Crippen molar-refractivity contribution in [3.8, 4) is 0 Å². The van der Waals surface area contributed by atoms with E-state index in [0.717, 1.165) is 5.56 Å². The number of hydrogen-bond acceptors (Lipinski definition) is 4. The first-order valence-electron chi connectivity index (χ1n) is 8.78. The van der Waals surface area contributed by atoms with Crippen LogP contribution in [0.1, 0.15) is 39.2 Å². The maximum atomic E-state index is 12.4. The van der Waals surface area contributed by atoms with Crippen LogP contribution in [0.4, 0.5) is 4.79 Å². The molecule has 7 nitrogen and oxygen atoms in total. The first-order valence-corrected chi connectivity index (χ1v) is 8.78. The second-order valence-electron chi connectivity index (χ2n) is 7.48. The zero-order valence-corrected chi connectivity index (χ0v) is 15.5. The molecule has 2 atom stereocenters. The maximum Gasteiger partial charge on any atom is 0.407 e. The molecule has 1 fully saturated rings. The molecule has 7 heteroatoms. The van der Waals surface area contributed by atoms with Gasteiger partial charge in [0.05, 0.1) is 6.04 Å². The lowest BCUT2D eigenvalue weighted by atomic mass is 10.0. The monoisotopic (exact) mass is 361 g/mol. The van der Waals surface area contributed by atoms with Crippen LogP contribution in [-0.2, 0) is 20.7 Å². The molecule has 0 radical (unpaired) electrons. The van der Waals surface area contributed by atoms with Crippen LogP contribution in [-0.4, -0.2) is 47.0 Å². The van der Waals surface area contributed by atoms with Crippen LogP contribution in [0, 0.1) is 0 Å². The third kappa shape index (κ3) is 5.47. The van der Waals surface area contributed by atoms with Gasteiger partial charge in [0.15, 0.2) is 0 Å². The molecule has 142 valence electrons. The van der Waals surface area contributed by atoms with Crippen LogP contribution in [0.15, 0.2) is 30.3 Å². The number of primary amides is 1. The SMILES string of the molecule is CC(C)(C)OC(=O)NC[C@H]1CCC(=O)N1[C@@H](Cc1ccccc1)C(N)=O. The number of carbonyl (C=O) groups excluding carboxylic acids is 3. The number of hydrogen-bond donors (Lipinski definition) is 2. The van der Waals surface area contributed by atoms with E-state index in [9.17, 15) is 14.4 Å². The minimum absolute atomic E-state index is 0.124. The highest BCUT2D eigenvalue weighted by molar-refractivity contribution is 5.88. The number of amides is 3. The van der Waals surface area contributed by atoms with Crippen LogP contribution >= 0.6 is 0 Å². The van der Waals surface area contributed by atoms with E-state index in [-0.39, 0.29) is 18.5 Å². The second kappa shape index (κ2) is 8.21. The summed E-state index contributed by atoms with van der Waals surface area (Å²) in [4.78, 5) is 37.8. The van der Waals surface area contributed by atoms with E-state index >= 15 is 0 Å². The number of ether oxygens (including phenoxy) is 1. The van der Waals surface area contributed by atoms with Crippen molar-refractivity contribution in [2.75, 3.05) is 6.54 Å². The van der Waals surface area contributed by atoms with Crippen molar-refractivity contribution >= 4 is 17.9 Å². The summed E-state index contributed by atoms with van der Waals surface area (Å²) >= 11 is 0. The van der Waals surface area contributed by atoms with Gasteiger partial charge in [-0.15, -0.1) is 0 Å². The molecule has 0 aliphatic carbocycles. The van der Waals surface area contributed by atoms with Crippen molar-refractivity contribution in [3.05, 3.63) is 35.9 Å². The third-order valence-electron chi connectivity index (χ3n) is 4.19. The second-order valence-corrected chi connectivity index (χ2v) is 7.48. The molecule has 1 saturated heterocycles. The van der Waals surface area contributed by atoms with E-state index in [2.05, 4.69) is 5.32 Å². The third-order valence-corrected chi connectivity index (χ3v) is 4.19. The molecular formula is C19H27N3O4. The number of likely N-dealkylation sites (tertiary alicyclic amines) is 1. The van der Waals surface area contributed by atoms with Gasteiger partial charge in [0.25, 0.3) is 0 Å². The van der Waals surface area contributed by atoms with Crippen molar-refractivity contribution in [1.82, 2.24) is 10.2 Å². The van der Waals surface area contributed by atoms with E-state index in [1.54, 1.807) is 20.8 Å². The predicted molar refractivity (Wildman–Crippen MR) is 97.2 cm³/mol. The summed E-state index contributed by atoms with van der Waals surface area (Å²) < 4.78 is 5.22. The van der Waals surface area contributed by atoms with Gasteiger partial charge in [-0.3, -0.25) is 9.59 Å². The molecule has 1 aromatic rings. The summed E-state index contributed by atoms with van der Waals surface area (Å²) in [7, 11) is 0. The minimum Gasteiger partial charge on any atom is -0.444 e. The van der Waals surface area contributed by atoms with Gasteiger partial charge in [-0.05, 0) is 32.8 Å². The molecule has 3 amide bonds. The molecule has 26 heavy (non-hydrogen) atoms. The Kier molecular flexibility index (Phi) is 6.23. The quantitative estimate of drug-likeness (QED) is 0.803. The number of nitrogens with one attached hydrogen (secondary N) is 1. The fraction of sp³-hybridized carbons (Fsp3) is 0.526. The smallest absolute Gasteiger partial charge is 0.407 e. The summed E-state index contributed by atoms with van der Waals surface area (Å²) in [5, 5.41) is 2.68. The first kappa shape index (κ1) is 19.8. The highest BCUT2D eigenvalue weighted by Crippen LogP contribution is 2.23. The van der Waals surface area contributed by atoms with Crippen LogP contribution in [0.5, 0.6) is 0 Å². The van der Waals surface area contributed by atoms with Crippen molar-refractivity contribution in [2.24, 2.45) is 5.73 Å². The Morgan fingerprint density at radius 1 is 1.31 bits per heavy atom. The zero-order valence-electron chi connectivity index (χ0n) is 15.5. The molecule has 2 rings (SSSR count). The van der Waals surface area contributed by atoms with Gasteiger partial charge in [0, 0.05) is 19.4 Å². The van der Waals surface area contributed by atoms with Gasteiger partial charge >= 0.3 is 6.09 Å². The number of nitrogens with two attached hydrogens (primary N) is 1. The van der Waals surface area contributed by atoms with Gasteiger partial charge in [0.1, 0.15) is 11.6 Å². The Morgan fingerprint density at radius 3 is 2.54 bits per heavy atom. The molecule has 0 aromatic heterocycles. The molecule has 0 saturated carbocycles. The van der Waals surface area contributed by atoms with Gasteiger partial charge in [-0.1, -0.05) is 30.3 Å². The summed E-state index contributed by atoms with van der Waals surface area (Å²) in [5.41, 5.74) is 5.91. The Balaban J connectivity index is 2.06. The van der Waals surface area contributed by atoms with E-state index in [0.29, 0.717) is 19.3 Å². The Labute approximate surface area is 153 Å². The molecule has 1 heterocycles. The van der Waals surface area contributed by atoms with E-state index < -0.39 is 23.6 Å². The maximum absolute atomic E-state index is 12.4. The van der Waals surface area contributed by atoms with E-state index in [1.165, 1.54) is 4.90 Å². The summed E-state index contributed by atoms with van der Waals surface area (Å²) in [5.74, 6) is -0.674. The van der Waals surface area contributed by atoms with Crippen LogP contribution in [0.2, 0.25) is 0 Å². The number of carbonyl (C=O) groups is 3. The number of benzene rings is 1. The van der Waals surface area contributed by atoms with Crippen molar-refractivity contribution in [1.29, 1.82) is 0 Å². The lowest BCUT2D eigenvalue weighted by Gasteiger charge is -2.32. The van der Waals surface area contributed by atoms with Gasteiger partial charge in [0.2, 0.25) is 11.8 Å². The van der Waals surface area contributed by atoms with Gasteiger partial charge in [-0.2, -0.15) is 0 Å². The average molecular weight is 361 g/mol. The number of rotatable bonds is 6. The van der Waals surface area contributed by atoms with E-state index in [1.807, 2.05) is 30.3 Å².